The van der Waals surface area contributed by atoms with Gasteiger partial charge >= 0.3 is 0 Å². The predicted molar refractivity (Wildman–Crippen MR) is 113 cm³/mol. The van der Waals surface area contributed by atoms with Crippen molar-refractivity contribution in [2.75, 3.05) is 18.8 Å². The highest BCUT2D eigenvalue weighted by Crippen LogP contribution is 2.29. The van der Waals surface area contributed by atoms with Gasteiger partial charge in [0.05, 0.1) is 11.4 Å². The van der Waals surface area contributed by atoms with Crippen LogP contribution in [0.2, 0.25) is 0 Å². The van der Waals surface area contributed by atoms with Crippen LogP contribution < -0.4 is 0 Å². The summed E-state index contributed by atoms with van der Waals surface area (Å²) in [5.74, 6) is 1.16. The number of benzene rings is 1. The van der Waals surface area contributed by atoms with Crippen molar-refractivity contribution in [1.82, 2.24) is 24.6 Å². The van der Waals surface area contributed by atoms with E-state index in [1.54, 1.807) is 12.4 Å². The van der Waals surface area contributed by atoms with Gasteiger partial charge in [0.25, 0.3) is 0 Å². The summed E-state index contributed by atoms with van der Waals surface area (Å²) in [4.78, 5) is 18.5. The second-order valence-electron chi connectivity index (χ2n) is 6.53. The normalized spacial score (nSPS) is 10.9. The van der Waals surface area contributed by atoms with Gasteiger partial charge in [-0.2, -0.15) is 0 Å². The molecule has 2 heterocycles. The van der Waals surface area contributed by atoms with Crippen LogP contribution in [-0.2, 0) is 4.79 Å². The molecule has 0 N–H and O–H groups in total. The molecule has 0 saturated heterocycles. The highest BCUT2D eigenvalue weighted by atomic mass is 32.2. The zero-order chi connectivity index (χ0) is 20.1. The van der Waals surface area contributed by atoms with Crippen LogP contribution in [0.4, 0.5) is 0 Å². The first-order chi connectivity index (χ1) is 13.5. The fraction of sp³-hybridized carbons (Fsp3) is 0.333. The second-order valence-corrected chi connectivity index (χ2v) is 7.47. The molecule has 6 nitrogen and oxygen atoms in total. The van der Waals surface area contributed by atoms with E-state index in [0.717, 1.165) is 22.6 Å². The molecule has 0 bridgehead atoms. The van der Waals surface area contributed by atoms with Crippen LogP contribution in [0.15, 0.2) is 47.9 Å². The molecular formula is C21H25N5OS. The van der Waals surface area contributed by atoms with E-state index in [2.05, 4.69) is 47.2 Å². The van der Waals surface area contributed by atoms with E-state index in [-0.39, 0.29) is 5.91 Å². The number of rotatable bonds is 7. The number of hydrogen-bond donors (Lipinski definition) is 0. The minimum atomic E-state index is 0.105. The summed E-state index contributed by atoms with van der Waals surface area (Å²) in [5.41, 5.74) is 4.22. The third-order valence-electron chi connectivity index (χ3n) is 4.59. The molecule has 0 aliphatic rings. The molecule has 146 valence electrons. The van der Waals surface area contributed by atoms with Gasteiger partial charge in [-0.3, -0.25) is 14.3 Å². The lowest BCUT2D eigenvalue weighted by atomic mass is 10.1. The lowest BCUT2D eigenvalue weighted by Crippen LogP contribution is -2.31. The SMILES string of the molecule is CCN(CC)C(=O)CSc1nnc(-c2cccnc2)n1-c1ccc(C)cc1C. The third-order valence-corrected chi connectivity index (χ3v) is 5.50. The zero-order valence-electron chi connectivity index (χ0n) is 16.7. The number of amides is 1. The van der Waals surface area contributed by atoms with Crippen LogP contribution in [0.3, 0.4) is 0 Å². The molecule has 0 unspecified atom stereocenters. The van der Waals surface area contributed by atoms with Crippen molar-refractivity contribution in [3.63, 3.8) is 0 Å². The third kappa shape index (κ3) is 4.25. The fourth-order valence-electron chi connectivity index (χ4n) is 3.11. The maximum atomic E-state index is 12.5. The first kappa shape index (κ1) is 20.1. The van der Waals surface area contributed by atoms with E-state index in [1.165, 1.54) is 17.3 Å². The van der Waals surface area contributed by atoms with Gasteiger partial charge < -0.3 is 4.90 Å². The molecule has 0 aliphatic carbocycles. The molecule has 0 saturated carbocycles. The molecule has 1 aromatic carbocycles. The predicted octanol–water partition coefficient (Wildman–Crippen LogP) is 3.91. The van der Waals surface area contributed by atoms with Gasteiger partial charge in [-0.1, -0.05) is 29.5 Å². The molecule has 28 heavy (non-hydrogen) atoms. The zero-order valence-corrected chi connectivity index (χ0v) is 17.5. The Labute approximate surface area is 170 Å². The lowest BCUT2D eigenvalue weighted by Gasteiger charge is -2.18. The molecule has 0 spiro atoms. The summed E-state index contributed by atoms with van der Waals surface area (Å²) in [6.45, 7) is 9.55. The Balaban J connectivity index is 2.01. The number of hydrogen-bond acceptors (Lipinski definition) is 5. The van der Waals surface area contributed by atoms with Crippen molar-refractivity contribution in [3.05, 3.63) is 53.9 Å². The average Bonchev–Trinajstić information content (AvgIpc) is 3.11. The molecule has 0 aliphatic heterocycles. The first-order valence-corrected chi connectivity index (χ1v) is 10.4. The van der Waals surface area contributed by atoms with Crippen molar-refractivity contribution in [1.29, 1.82) is 0 Å². The van der Waals surface area contributed by atoms with Gasteiger partial charge in [-0.05, 0) is 51.5 Å². The number of aryl methyl sites for hydroxylation is 2. The molecule has 1 amide bonds. The van der Waals surface area contributed by atoms with Gasteiger partial charge in [0, 0.05) is 31.0 Å². The summed E-state index contributed by atoms with van der Waals surface area (Å²) < 4.78 is 2.02. The van der Waals surface area contributed by atoms with Crippen molar-refractivity contribution in [2.45, 2.75) is 32.9 Å². The fourth-order valence-corrected chi connectivity index (χ4v) is 3.96. The van der Waals surface area contributed by atoms with Gasteiger partial charge in [-0.15, -0.1) is 10.2 Å². The Hall–Kier alpha value is -2.67. The van der Waals surface area contributed by atoms with Crippen LogP contribution in [0.1, 0.15) is 25.0 Å². The van der Waals surface area contributed by atoms with Crippen molar-refractivity contribution in [3.8, 4) is 17.1 Å². The molecule has 0 atom stereocenters. The Kier molecular flexibility index (Phi) is 6.46. The number of pyridine rings is 1. The molecule has 0 radical (unpaired) electrons. The quantitative estimate of drug-likeness (QED) is 0.568. The van der Waals surface area contributed by atoms with Crippen LogP contribution in [0.5, 0.6) is 0 Å². The van der Waals surface area contributed by atoms with Gasteiger partial charge in [0.1, 0.15) is 0 Å². The number of nitrogens with zero attached hydrogens (tertiary/aromatic N) is 5. The maximum absolute atomic E-state index is 12.5. The van der Waals surface area contributed by atoms with E-state index in [1.807, 2.05) is 35.4 Å². The summed E-state index contributed by atoms with van der Waals surface area (Å²) in [6.07, 6.45) is 3.51. The number of carbonyl (C=O) groups is 1. The van der Waals surface area contributed by atoms with Crippen molar-refractivity contribution < 1.29 is 4.79 Å². The van der Waals surface area contributed by atoms with E-state index < -0.39 is 0 Å². The smallest absolute Gasteiger partial charge is 0.233 e. The number of aromatic nitrogens is 4. The summed E-state index contributed by atoms with van der Waals surface area (Å²) in [6, 6.07) is 10.1. The second kappa shape index (κ2) is 9.01. The minimum absolute atomic E-state index is 0.105. The summed E-state index contributed by atoms with van der Waals surface area (Å²) >= 11 is 1.42. The van der Waals surface area contributed by atoms with E-state index in [9.17, 15) is 4.79 Å². The van der Waals surface area contributed by atoms with Gasteiger partial charge in [-0.25, -0.2) is 0 Å². The van der Waals surface area contributed by atoms with Gasteiger partial charge in [0.2, 0.25) is 5.91 Å². The van der Waals surface area contributed by atoms with Crippen molar-refractivity contribution >= 4 is 17.7 Å². The Bertz CT molecular complexity index is 951. The van der Waals surface area contributed by atoms with E-state index in [0.29, 0.717) is 24.0 Å². The van der Waals surface area contributed by atoms with Crippen LogP contribution in [0, 0.1) is 13.8 Å². The lowest BCUT2D eigenvalue weighted by molar-refractivity contribution is -0.127. The first-order valence-electron chi connectivity index (χ1n) is 9.39. The summed E-state index contributed by atoms with van der Waals surface area (Å²) in [7, 11) is 0. The Morgan fingerprint density at radius 3 is 2.57 bits per heavy atom. The van der Waals surface area contributed by atoms with Gasteiger partial charge in [0.15, 0.2) is 11.0 Å². The van der Waals surface area contributed by atoms with Crippen LogP contribution >= 0.6 is 11.8 Å². The van der Waals surface area contributed by atoms with Crippen LogP contribution in [0.25, 0.3) is 17.1 Å². The Morgan fingerprint density at radius 1 is 1.14 bits per heavy atom. The number of thioether (sulfide) groups is 1. The summed E-state index contributed by atoms with van der Waals surface area (Å²) in [5, 5.41) is 9.51. The van der Waals surface area contributed by atoms with E-state index >= 15 is 0 Å². The molecule has 0 fully saturated rings. The highest BCUT2D eigenvalue weighted by Gasteiger charge is 2.19. The van der Waals surface area contributed by atoms with E-state index in [4.69, 9.17) is 0 Å². The van der Waals surface area contributed by atoms with Crippen molar-refractivity contribution in [2.24, 2.45) is 0 Å². The molecule has 7 heteroatoms. The average molecular weight is 396 g/mol. The monoisotopic (exact) mass is 395 g/mol. The minimum Gasteiger partial charge on any atom is -0.343 e. The number of carbonyl (C=O) groups excluding carboxylic acids is 1. The standard InChI is InChI=1S/C21H25N5OS/c1-5-25(6-2)19(27)14-28-21-24-23-20(17-8-7-11-22-13-17)26(21)18-10-9-15(3)12-16(18)4/h7-13H,5-6,14H2,1-4H3. The Morgan fingerprint density at radius 2 is 1.93 bits per heavy atom. The molecular weight excluding hydrogens is 370 g/mol. The highest BCUT2D eigenvalue weighted by molar-refractivity contribution is 7.99. The van der Waals surface area contributed by atoms with Crippen LogP contribution in [-0.4, -0.2) is 49.4 Å². The largest absolute Gasteiger partial charge is 0.343 e. The molecule has 2 aromatic heterocycles. The topological polar surface area (TPSA) is 63.9 Å². The molecule has 3 rings (SSSR count). The molecule has 3 aromatic rings. The maximum Gasteiger partial charge on any atom is 0.233 e.